The molecule has 0 unspecified atom stereocenters. The summed E-state index contributed by atoms with van der Waals surface area (Å²) in [5.74, 6) is 0. The quantitative estimate of drug-likeness (QED) is 0.315. The zero-order chi connectivity index (χ0) is 23.4. The van der Waals surface area contributed by atoms with E-state index in [2.05, 4.69) is 22.6 Å². The summed E-state index contributed by atoms with van der Waals surface area (Å²) in [7, 11) is 3.75. The zero-order valence-electron chi connectivity index (χ0n) is 18.9. The van der Waals surface area contributed by atoms with Gasteiger partial charge in [0.25, 0.3) is 6.43 Å². The Balaban J connectivity index is 1.69. The van der Waals surface area contributed by atoms with Gasteiger partial charge in [0.15, 0.2) is 0 Å². The van der Waals surface area contributed by atoms with Crippen LogP contribution in [0, 0.1) is 0 Å². The van der Waals surface area contributed by atoms with Gasteiger partial charge in [0.05, 0.1) is 16.7 Å². The molecule has 170 valence electrons. The molecule has 33 heavy (non-hydrogen) atoms. The second-order valence-corrected chi connectivity index (χ2v) is 9.19. The van der Waals surface area contributed by atoms with E-state index >= 15 is 0 Å². The highest BCUT2D eigenvalue weighted by Crippen LogP contribution is 2.43. The number of hydrogen-bond acceptors (Lipinski definition) is 2. The van der Waals surface area contributed by atoms with Crippen LogP contribution in [0.15, 0.2) is 49.4 Å². The molecule has 4 aromatic rings. The van der Waals surface area contributed by atoms with Gasteiger partial charge in [0.2, 0.25) is 0 Å². The van der Waals surface area contributed by atoms with Crippen LogP contribution in [0.4, 0.5) is 20.2 Å². The number of alkyl halides is 2. The van der Waals surface area contributed by atoms with Crippen LogP contribution in [0.1, 0.15) is 36.5 Å². The highest BCUT2D eigenvalue weighted by molar-refractivity contribution is 6.36. The molecule has 0 bridgehead atoms. The third-order valence-corrected chi connectivity index (χ3v) is 6.69. The van der Waals surface area contributed by atoms with Crippen molar-refractivity contribution in [2.75, 3.05) is 11.4 Å². The fraction of sp³-hybridized carbons (Fsp3) is 0.269. The van der Waals surface area contributed by atoms with Gasteiger partial charge < -0.3 is 9.47 Å². The first-order chi connectivity index (χ1) is 15.7. The van der Waals surface area contributed by atoms with Crippen molar-refractivity contribution in [3.63, 3.8) is 0 Å². The lowest BCUT2D eigenvalue weighted by molar-refractivity contribution is 0.152. The Morgan fingerprint density at radius 2 is 1.94 bits per heavy atom. The Labute approximate surface area is 196 Å². The molecule has 4 nitrogen and oxygen atoms in total. The predicted octanol–water partition coefficient (Wildman–Crippen LogP) is 7.29. The summed E-state index contributed by atoms with van der Waals surface area (Å²) in [6.07, 6.45) is 4.60. The molecule has 0 atom stereocenters. The van der Waals surface area contributed by atoms with E-state index in [1.165, 1.54) is 0 Å². The Hall–Kier alpha value is -3.12. The SMILES string of the molecule is C=C(C)c1cn(C)c2c(Cl)cc(N3CCCc4cc(-c5cnn(C)c5)c(C(F)F)cc43)cc12. The topological polar surface area (TPSA) is 26.0 Å². The van der Waals surface area contributed by atoms with Crippen molar-refractivity contribution >= 4 is 39.5 Å². The summed E-state index contributed by atoms with van der Waals surface area (Å²) in [6.45, 7) is 6.82. The first kappa shape index (κ1) is 21.7. The number of aromatic nitrogens is 3. The van der Waals surface area contributed by atoms with Crippen LogP contribution in [0.5, 0.6) is 0 Å². The molecule has 3 heterocycles. The van der Waals surface area contributed by atoms with Gasteiger partial charge in [-0.3, -0.25) is 4.68 Å². The molecular formula is C26H25ClF2N4. The molecule has 0 radical (unpaired) electrons. The maximum Gasteiger partial charge on any atom is 0.264 e. The zero-order valence-corrected chi connectivity index (χ0v) is 19.6. The summed E-state index contributed by atoms with van der Waals surface area (Å²) in [6, 6.07) is 7.57. The van der Waals surface area contributed by atoms with Gasteiger partial charge in [-0.2, -0.15) is 5.10 Å². The Kier molecular flexibility index (Phi) is 5.28. The lowest BCUT2D eigenvalue weighted by Crippen LogP contribution is -2.25. The number of halogens is 3. The molecule has 2 aromatic heterocycles. The monoisotopic (exact) mass is 466 g/mol. The van der Waals surface area contributed by atoms with Crippen LogP contribution in [-0.2, 0) is 20.5 Å². The number of rotatable bonds is 4. The molecule has 1 aliphatic rings. The van der Waals surface area contributed by atoms with Crippen molar-refractivity contribution in [2.24, 2.45) is 14.1 Å². The highest BCUT2D eigenvalue weighted by atomic mass is 35.5. The van der Waals surface area contributed by atoms with Crippen LogP contribution in [-0.4, -0.2) is 20.9 Å². The average Bonchev–Trinajstić information content (AvgIpc) is 3.35. The van der Waals surface area contributed by atoms with Crippen LogP contribution >= 0.6 is 11.6 Å². The molecular weight excluding hydrogens is 442 g/mol. The molecule has 0 fully saturated rings. The van der Waals surface area contributed by atoms with E-state index in [9.17, 15) is 8.78 Å². The number of benzene rings is 2. The minimum absolute atomic E-state index is 0.0168. The minimum atomic E-state index is -2.59. The molecule has 0 saturated carbocycles. The van der Waals surface area contributed by atoms with Crippen molar-refractivity contribution in [2.45, 2.75) is 26.2 Å². The van der Waals surface area contributed by atoms with Crippen LogP contribution in [0.3, 0.4) is 0 Å². The maximum absolute atomic E-state index is 14.2. The number of anilines is 2. The molecule has 0 saturated heterocycles. The van der Waals surface area contributed by atoms with Gasteiger partial charge in [-0.15, -0.1) is 0 Å². The normalized spacial score (nSPS) is 13.7. The van der Waals surface area contributed by atoms with Crippen molar-refractivity contribution in [1.82, 2.24) is 14.3 Å². The summed E-state index contributed by atoms with van der Waals surface area (Å²) in [5, 5.41) is 5.81. The van der Waals surface area contributed by atoms with E-state index in [0.717, 1.165) is 58.4 Å². The molecule has 0 amide bonds. The third-order valence-electron chi connectivity index (χ3n) is 6.41. The summed E-state index contributed by atoms with van der Waals surface area (Å²) in [5.41, 5.74) is 6.95. The fourth-order valence-corrected chi connectivity index (χ4v) is 5.23. The maximum atomic E-state index is 14.2. The van der Waals surface area contributed by atoms with Crippen molar-refractivity contribution in [3.05, 3.63) is 71.1 Å². The largest absolute Gasteiger partial charge is 0.349 e. The molecule has 0 N–H and O–H groups in total. The van der Waals surface area contributed by atoms with E-state index in [1.807, 2.05) is 36.9 Å². The van der Waals surface area contributed by atoms with Gasteiger partial charge in [-0.25, -0.2) is 8.78 Å². The number of hydrogen-bond donors (Lipinski definition) is 0. The number of allylic oxidation sites excluding steroid dienone is 1. The van der Waals surface area contributed by atoms with Gasteiger partial charge in [-0.05, 0) is 60.7 Å². The Morgan fingerprint density at radius 1 is 1.15 bits per heavy atom. The minimum Gasteiger partial charge on any atom is -0.349 e. The Morgan fingerprint density at radius 3 is 2.61 bits per heavy atom. The molecule has 0 aliphatic carbocycles. The summed E-state index contributed by atoms with van der Waals surface area (Å²) >= 11 is 6.71. The fourth-order valence-electron chi connectivity index (χ4n) is 4.88. The van der Waals surface area contributed by atoms with Gasteiger partial charge in [0.1, 0.15) is 0 Å². The highest BCUT2D eigenvalue weighted by Gasteiger charge is 2.25. The molecule has 7 heteroatoms. The van der Waals surface area contributed by atoms with Crippen LogP contribution < -0.4 is 4.90 Å². The van der Waals surface area contributed by atoms with Crippen molar-refractivity contribution in [3.8, 4) is 11.1 Å². The molecule has 1 aliphatic heterocycles. The first-order valence-corrected chi connectivity index (χ1v) is 11.3. The second kappa shape index (κ2) is 8.03. The Bertz CT molecular complexity index is 1400. The molecule has 5 rings (SSSR count). The van der Waals surface area contributed by atoms with E-state index < -0.39 is 6.43 Å². The van der Waals surface area contributed by atoms with E-state index in [1.54, 1.807) is 30.2 Å². The van der Waals surface area contributed by atoms with Gasteiger partial charge in [-0.1, -0.05) is 18.2 Å². The standard InChI is InChI=1S/C26H25ClF2N4/c1-15(2)22-14-31(3)25-20(22)9-18(10-23(25)27)33-7-5-6-16-8-19(17-12-30-32(4)13-17)21(26(28)29)11-24(16)33/h8-14,26H,1,5-7H2,2-4H3. The number of nitrogens with zero attached hydrogens (tertiary/aromatic N) is 4. The van der Waals surface area contributed by atoms with Crippen LogP contribution in [0.25, 0.3) is 27.6 Å². The predicted molar refractivity (Wildman–Crippen MR) is 132 cm³/mol. The third kappa shape index (κ3) is 3.62. The molecule has 0 spiro atoms. The summed E-state index contributed by atoms with van der Waals surface area (Å²) < 4.78 is 32.0. The first-order valence-electron chi connectivity index (χ1n) is 10.9. The lowest BCUT2D eigenvalue weighted by atomic mass is 9.92. The molecule has 2 aromatic carbocycles. The van der Waals surface area contributed by atoms with Crippen molar-refractivity contribution in [1.29, 1.82) is 0 Å². The van der Waals surface area contributed by atoms with Crippen molar-refractivity contribution < 1.29 is 8.78 Å². The average molecular weight is 467 g/mol. The van der Waals surface area contributed by atoms with E-state index in [-0.39, 0.29) is 5.56 Å². The number of fused-ring (bicyclic) bond motifs is 2. The van der Waals surface area contributed by atoms with E-state index in [0.29, 0.717) is 16.1 Å². The summed E-state index contributed by atoms with van der Waals surface area (Å²) in [4.78, 5) is 2.11. The van der Waals surface area contributed by atoms with E-state index in [4.69, 9.17) is 11.6 Å². The number of aryl methyl sites for hydroxylation is 3. The van der Waals surface area contributed by atoms with Gasteiger partial charge >= 0.3 is 0 Å². The van der Waals surface area contributed by atoms with Crippen LogP contribution in [0.2, 0.25) is 5.02 Å². The second-order valence-electron chi connectivity index (χ2n) is 8.78. The van der Waals surface area contributed by atoms with Gasteiger partial charge in [0, 0.05) is 66.5 Å². The lowest BCUT2D eigenvalue weighted by Gasteiger charge is -2.33. The smallest absolute Gasteiger partial charge is 0.264 e.